The SMILES string of the molecule is Cn1nnc(-c2ccc(C(C(=O)Nc3ccc(F)cn3)C3CCC(F)(F)C3)cc2)n1. The molecule has 0 aliphatic heterocycles. The summed E-state index contributed by atoms with van der Waals surface area (Å²) < 4.78 is 40.8. The van der Waals surface area contributed by atoms with Crippen LogP contribution in [0.2, 0.25) is 0 Å². The summed E-state index contributed by atoms with van der Waals surface area (Å²) in [6.07, 6.45) is 0.597. The summed E-state index contributed by atoms with van der Waals surface area (Å²) in [5, 5.41) is 14.5. The zero-order chi connectivity index (χ0) is 21.3. The Hall–Kier alpha value is -3.30. The first-order valence-electron chi connectivity index (χ1n) is 9.45. The van der Waals surface area contributed by atoms with Crippen molar-refractivity contribution in [3.63, 3.8) is 0 Å². The van der Waals surface area contributed by atoms with Crippen molar-refractivity contribution in [3.05, 3.63) is 54.0 Å². The van der Waals surface area contributed by atoms with Crippen molar-refractivity contribution in [2.45, 2.75) is 31.1 Å². The predicted molar refractivity (Wildman–Crippen MR) is 102 cm³/mol. The Bertz CT molecular complexity index is 1040. The molecule has 4 rings (SSSR count). The second-order valence-corrected chi connectivity index (χ2v) is 7.41. The highest BCUT2D eigenvalue weighted by atomic mass is 19.3. The van der Waals surface area contributed by atoms with Gasteiger partial charge in [0.25, 0.3) is 0 Å². The Morgan fingerprint density at radius 1 is 1.23 bits per heavy atom. The van der Waals surface area contributed by atoms with E-state index in [4.69, 9.17) is 0 Å². The standard InChI is InChI=1S/C20H19F3N6O/c1-29-27-18(26-28-29)13-4-2-12(3-5-13)17(14-8-9-20(22,23)10-14)19(30)25-16-7-6-15(21)11-24-16/h2-7,11,14,17H,8-10H2,1H3,(H,24,25,30). The van der Waals surface area contributed by atoms with Gasteiger partial charge in [-0.05, 0) is 35.2 Å². The lowest BCUT2D eigenvalue weighted by Crippen LogP contribution is -2.27. The number of benzene rings is 1. The monoisotopic (exact) mass is 416 g/mol. The molecule has 10 heteroatoms. The zero-order valence-corrected chi connectivity index (χ0v) is 16.1. The first-order valence-corrected chi connectivity index (χ1v) is 9.45. The molecule has 1 aliphatic rings. The highest BCUT2D eigenvalue weighted by molar-refractivity contribution is 5.95. The highest BCUT2D eigenvalue weighted by Crippen LogP contribution is 2.45. The van der Waals surface area contributed by atoms with E-state index in [2.05, 4.69) is 25.7 Å². The molecule has 156 valence electrons. The Morgan fingerprint density at radius 3 is 2.57 bits per heavy atom. The molecule has 1 fully saturated rings. The quantitative estimate of drug-likeness (QED) is 0.687. The van der Waals surface area contributed by atoms with Gasteiger partial charge in [0, 0.05) is 18.4 Å². The molecular weight excluding hydrogens is 397 g/mol. The summed E-state index contributed by atoms with van der Waals surface area (Å²) in [6.45, 7) is 0. The van der Waals surface area contributed by atoms with Crippen LogP contribution in [0, 0.1) is 11.7 Å². The number of hydrogen-bond donors (Lipinski definition) is 1. The lowest BCUT2D eigenvalue weighted by atomic mass is 9.83. The molecule has 2 aromatic heterocycles. The minimum absolute atomic E-state index is 0.163. The number of alkyl halides is 2. The maximum absolute atomic E-state index is 13.9. The minimum Gasteiger partial charge on any atom is -0.310 e. The lowest BCUT2D eigenvalue weighted by Gasteiger charge is -2.23. The van der Waals surface area contributed by atoms with Gasteiger partial charge in [0.15, 0.2) is 0 Å². The molecular formula is C20H19F3N6O. The van der Waals surface area contributed by atoms with Crippen LogP contribution in [0.25, 0.3) is 11.4 Å². The number of aromatic nitrogens is 5. The summed E-state index contributed by atoms with van der Waals surface area (Å²) in [6, 6.07) is 9.39. The van der Waals surface area contributed by atoms with Crippen LogP contribution >= 0.6 is 0 Å². The van der Waals surface area contributed by atoms with Crippen molar-refractivity contribution in [2.75, 3.05) is 5.32 Å². The maximum Gasteiger partial charge on any atom is 0.248 e. The number of nitrogens with one attached hydrogen (secondary N) is 1. The molecule has 1 N–H and O–H groups in total. The number of amides is 1. The fourth-order valence-corrected chi connectivity index (χ4v) is 3.80. The average Bonchev–Trinajstić information content (AvgIpc) is 3.29. The molecule has 2 unspecified atom stereocenters. The van der Waals surface area contributed by atoms with E-state index in [9.17, 15) is 18.0 Å². The van der Waals surface area contributed by atoms with Gasteiger partial charge in [-0.3, -0.25) is 4.79 Å². The first-order chi connectivity index (χ1) is 14.3. The molecule has 1 aliphatic carbocycles. The van der Waals surface area contributed by atoms with Crippen molar-refractivity contribution in [1.82, 2.24) is 25.2 Å². The average molecular weight is 416 g/mol. The third-order valence-corrected chi connectivity index (χ3v) is 5.21. The molecule has 0 radical (unpaired) electrons. The molecule has 2 heterocycles. The van der Waals surface area contributed by atoms with Gasteiger partial charge in [0.1, 0.15) is 11.6 Å². The topological polar surface area (TPSA) is 85.6 Å². The van der Waals surface area contributed by atoms with E-state index in [0.29, 0.717) is 17.0 Å². The number of anilines is 1. The lowest BCUT2D eigenvalue weighted by molar-refractivity contribution is -0.118. The predicted octanol–water partition coefficient (Wildman–Crippen LogP) is 3.57. The number of pyridine rings is 1. The van der Waals surface area contributed by atoms with Gasteiger partial charge in [-0.15, -0.1) is 10.2 Å². The van der Waals surface area contributed by atoms with Crippen LogP contribution < -0.4 is 5.32 Å². The van der Waals surface area contributed by atoms with Crippen molar-refractivity contribution in [3.8, 4) is 11.4 Å². The summed E-state index contributed by atoms with van der Waals surface area (Å²) in [5.41, 5.74) is 1.30. The van der Waals surface area contributed by atoms with E-state index in [-0.39, 0.29) is 25.1 Å². The Balaban J connectivity index is 1.61. The van der Waals surface area contributed by atoms with Gasteiger partial charge in [-0.1, -0.05) is 24.3 Å². The van der Waals surface area contributed by atoms with Gasteiger partial charge in [0.2, 0.25) is 17.7 Å². The summed E-state index contributed by atoms with van der Waals surface area (Å²) >= 11 is 0. The Morgan fingerprint density at radius 2 is 2.00 bits per heavy atom. The second-order valence-electron chi connectivity index (χ2n) is 7.41. The van der Waals surface area contributed by atoms with Gasteiger partial charge in [-0.25, -0.2) is 18.2 Å². The molecule has 7 nitrogen and oxygen atoms in total. The number of carbonyl (C=O) groups excluding carboxylic acids is 1. The minimum atomic E-state index is -2.79. The molecule has 0 bridgehead atoms. The van der Waals surface area contributed by atoms with Crippen LogP contribution in [0.4, 0.5) is 19.0 Å². The molecule has 1 aromatic carbocycles. The molecule has 1 amide bonds. The molecule has 0 spiro atoms. The van der Waals surface area contributed by atoms with Crippen LogP contribution in [0.15, 0.2) is 42.6 Å². The van der Waals surface area contributed by atoms with E-state index >= 15 is 0 Å². The van der Waals surface area contributed by atoms with Crippen LogP contribution in [-0.2, 0) is 11.8 Å². The van der Waals surface area contributed by atoms with E-state index in [1.54, 1.807) is 31.3 Å². The van der Waals surface area contributed by atoms with Gasteiger partial charge in [-0.2, -0.15) is 4.80 Å². The van der Waals surface area contributed by atoms with Crippen LogP contribution in [-0.4, -0.2) is 37.0 Å². The van der Waals surface area contributed by atoms with Crippen LogP contribution in [0.1, 0.15) is 30.7 Å². The third kappa shape index (κ3) is 4.32. The number of halogens is 3. The van der Waals surface area contributed by atoms with Crippen LogP contribution in [0.3, 0.4) is 0 Å². The summed E-state index contributed by atoms with van der Waals surface area (Å²) in [4.78, 5) is 18.2. The maximum atomic E-state index is 13.9. The van der Waals surface area contributed by atoms with Gasteiger partial charge in [0.05, 0.1) is 19.2 Å². The van der Waals surface area contributed by atoms with Crippen molar-refractivity contribution >= 4 is 11.7 Å². The number of hydrogen-bond acceptors (Lipinski definition) is 5. The van der Waals surface area contributed by atoms with E-state index < -0.39 is 29.5 Å². The largest absolute Gasteiger partial charge is 0.310 e. The molecule has 30 heavy (non-hydrogen) atoms. The molecule has 2 atom stereocenters. The van der Waals surface area contributed by atoms with E-state index in [1.165, 1.54) is 16.9 Å². The third-order valence-electron chi connectivity index (χ3n) is 5.21. The van der Waals surface area contributed by atoms with Crippen LogP contribution in [0.5, 0.6) is 0 Å². The summed E-state index contributed by atoms with van der Waals surface area (Å²) in [5.74, 6) is -4.52. The molecule has 1 saturated carbocycles. The van der Waals surface area contributed by atoms with Gasteiger partial charge < -0.3 is 5.32 Å². The van der Waals surface area contributed by atoms with E-state index in [1.807, 2.05) is 0 Å². The number of rotatable bonds is 5. The van der Waals surface area contributed by atoms with Crippen molar-refractivity contribution in [1.29, 1.82) is 0 Å². The fourth-order valence-electron chi connectivity index (χ4n) is 3.80. The Labute approximate surface area is 170 Å². The highest BCUT2D eigenvalue weighted by Gasteiger charge is 2.45. The smallest absolute Gasteiger partial charge is 0.248 e. The Kier molecular flexibility index (Phi) is 5.23. The zero-order valence-electron chi connectivity index (χ0n) is 16.1. The summed E-state index contributed by atoms with van der Waals surface area (Å²) in [7, 11) is 1.65. The fraction of sp³-hybridized carbons (Fsp3) is 0.350. The first kappa shape index (κ1) is 20.0. The normalized spacial score (nSPS) is 18.9. The van der Waals surface area contributed by atoms with Gasteiger partial charge >= 0.3 is 0 Å². The number of aryl methyl sites for hydroxylation is 1. The number of carbonyl (C=O) groups is 1. The number of tetrazole rings is 1. The molecule has 0 saturated heterocycles. The second kappa shape index (κ2) is 7.85. The van der Waals surface area contributed by atoms with Crippen molar-refractivity contribution < 1.29 is 18.0 Å². The molecule has 3 aromatic rings. The number of nitrogens with zero attached hydrogens (tertiary/aromatic N) is 5. The van der Waals surface area contributed by atoms with Crippen molar-refractivity contribution in [2.24, 2.45) is 13.0 Å². The van der Waals surface area contributed by atoms with E-state index in [0.717, 1.165) is 6.20 Å².